The second-order valence-electron chi connectivity index (χ2n) is 4.87. The number of benzene rings is 1. The van der Waals surface area contributed by atoms with Gasteiger partial charge < -0.3 is 19.5 Å². The highest BCUT2D eigenvalue weighted by molar-refractivity contribution is 5.97. The number of nitrogens with one attached hydrogen (secondary N) is 1. The zero-order valence-electron chi connectivity index (χ0n) is 12.3. The van der Waals surface area contributed by atoms with Crippen molar-refractivity contribution < 1.29 is 23.8 Å². The molecular weight excluding hydrogens is 274 g/mol. The Labute approximate surface area is 123 Å². The first-order valence-electron chi connectivity index (χ1n) is 6.79. The molecule has 1 aliphatic carbocycles. The molecule has 21 heavy (non-hydrogen) atoms. The first-order chi connectivity index (χ1) is 10.1. The van der Waals surface area contributed by atoms with E-state index in [2.05, 4.69) is 5.32 Å². The van der Waals surface area contributed by atoms with Crippen LogP contribution in [0.1, 0.15) is 30.1 Å². The normalized spacial score (nSPS) is 15.0. The van der Waals surface area contributed by atoms with Crippen LogP contribution in [-0.2, 0) is 9.53 Å². The first kappa shape index (κ1) is 15.2. The fourth-order valence-corrected chi connectivity index (χ4v) is 1.87. The Kier molecular flexibility index (Phi) is 4.67. The van der Waals surface area contributed by atoms with Gasteiger partial charge in [0.15, 0.2) is 6.10 Å². The van der Waals surface area contributed by atoms with E-state index in [-0.39, 0.29) is 17.5 Å². The SMILES string of the molecule is COc1cccc(OC)c1C(=O)OC(C)C(=O)NC1CC1. The van der Waals surface area contributed by atoms with Crippen molar-refractivity contribution in [2.45, 2.75) is 31.9 Å². The maximum absolute atomic E-state index is 12.3. The third-order valence-electron chi connectivity index (χ3n) is 3.21. The number of carbonyl (C=O) groups excluding carboxylic acids is 2. The van der Waals surface area contributed by atoms with E-state index in [1.807, 2.05) is 0 Å². The van der Waals surface area contributed by atoms with Crippen LogP contribution in [0.2, 0.25) is 0 Å². The number of rotatable bonds is 6. The van der Waals surface area contributed by atoms with Crippen molar-refractivity contribution >= 4 is 11.9 Å². The molecule has 0 aromatic heterocycles. The van der Waals surface area contributed by atoms with Gasteiger partial charge in [-0.3, -0.25) is 4.79 Å². The summed E-state index contributed by atoms with van der Waals surface area (Å²) in [5, 5.41) is 2.79. The molecular formula is C15H19NO5. The Balaban J connectivity index is 2.10. The number of hydrogen-bond acceptors (Lipinski definition) is 5. The van der Waals surface area contributed by atoms with Crippen molar-refractivity contribution in [3.05, 3.63) is 23.8 Å². The lowest BCUT2D eigenvalue weighted by Crippen LogP contribution is -2.37. The van der Waals surface area contributed by atoms with E-state index in [9.17, 15) is 9.59 Å². The molecule has 1 atom stereocenters. The van der Waals surface area contributed by atoms with E-state index in [4.69, 9.17) is 14.2 Å². The first-order valence-corrected chi connectivity index (χ1v) is 6.79. The fraction of sp³-hybridized carbons (Fsp3) is 0.467. The Morgan fingerprint density at radius 3 is 2.24 bits per heavy atom. The molecule has 1 aliphatic rings. The number of amides is 1. The minimum Gasteiger partial charge on any atom is -0.496 e. The molecule has 1 aromatic carbocycles. The minimum atomic E-state index is -0.868. The summed E-state index contributed by atoms with van der Waals surface area (Å²) in [6.45, 7) is 1.54. The maximum Gasteiger partial charge on any atom is 0.346 e. The van der Waals surface area contributed by atoms with Crippen LogP contribution >= 0.6 is 0 Å². The van der Waals surface area contributed by atoms with E-state index in [0.29, 0.717) is 11.5 Å². The molecule has 0 bridgehead atoms. The van der Waals surface area contributed by atoms with Crippen LogP contribution in [0.25, 0.3) is 0 Å². The molecule has 6 nitrogen and oxygen atoms in total. The zero-order valence-corrected chi connectivity index (χ0v) is 12.3. The molecule has 0 radical (unpaired) electrons. The molecule has 0 saturated heterocycles. The van der Waals surface area contributed by atoms with Crippen molar-refractivity contribution in [2.24, 2.45) is 0 Å². The molecule has 1 aromatic rings. The third kappa shape index (κ3) is 3.65. The molecule has 1 N–H and O–H groups in total. The summed E-state index contributed by atoms with van der Waals surface area (Å²) in [6.07, 6.45) is 1.09. The molecule has 0 spiro atoms. The van der Waals surface area contributed by atoms with Crippen molar-refractivity contribution in [1.82, 2.24) is 5.32 Å². The Morgan fingerprint density at radius 1 is 1.19 bits per heavy atom. The Morgan fingerprint density at radius 2 is 1.76 bits per heavy atom. The van der Waals surface area contributed by atoms with Crippen molar-refractivity contribution in [1.29, 1.82) is 0 Å². The van der Waals surface area contributed by atoms with Gasteiger partial charge in [-0.2, -0.15) is 0 Å². The molecule has 2 rings (SSSR count). The second-order valence-corrected chi connectivity index (χ2v) is 4.87. The summed E-state index contributed by atoms with van der Waals surface area (Å²) < 4.78 is 15.5. The van der Waals surface area contributed by atoms with Crippen LogP contribution in [0.4, 0.5) is 0 Å². The second kappa shape index (κ2) is 6.47. The summed E-state index contributed by atoms with van der Waals surface area (Å²) in [4.78, 5) is 24.1. The van der Waals surface area contributed by atoms with E-state index in [1.54, 1.807) is 18.2 Å². The van der Waals surface area contributed by atoms with Crippen molar-refractivity contribution in [2.75, 3.05) is 14.2 Å². The molecule has 1 saturated carbocycles. The number of methoxy groups -OCH3 is 2. The lowest BCUT2D eigenvalue weighted by Gasteiger charge is -2.16. The summed E-state index contributed by atoms with van der Waals surface area (Å²) in [7, 11) is 2.91. The van der Waals surface area contributed by atoms with Crippen LogP contribution in [0.5, 0.6) is 11.5 Å². The van der Waals surface area contributed by atoms with Gasteiger partial charge in [-0.1, -0.05) is 6.07 Å². The molecule has 6 heteroatoms. The molecule has 1 amide bonds. The van der Waals surface area contributed by atoms with Gasteiger partial charge in [0, 0.05) is 6.04 Å². The van der Waals surface area contributed by atoms with Crippen molar-refractivity contribution in [3.8, 4) is 11.5 Å². The Hall–Kier alpha value is -2.24. The average molecular weight is 293 g/mol. The van der Waals surface area contributed by atoms with Gasteiger partial charge >= 0.3 is 5.97 Å². The Bertz CT molecular complexity index is 517. The van der Waals surface area contributed by atoms with Gasteiger partial charge in [-0.15, -0.1) is 0 Å². The van der Waals surface area contributed by atoms with Crippen LogP contribution in [-0.4, -0.2) is 38.2 Å². The van der Waals surface area contributed by atoms with Crippen LogP contribution < -0.4 is 14.8 Å². The van der Waals surface area contributed by atoms with E-state index < -0.39 is 12.1 Å². The zero-order chi connectivity index (χ0) is 15.4. The fourth-order valence-electron chi connectivity index (χ4n) is 1.87. The smallest absolute Gasteiger partial charge is 0.346 e. The molecule has 1 unspecified atom stereocenters. The molecule has 0 aliphatic heterocycles. The van der Waals surface area contributed by atoms with Gasteiger partial charge in [0.25, 0.3) is 5.91 Å². The number of esters is 1. The van der Waals surface area contributed by atoms with E-state index >= 15 is 0 Å². The molecule has 114 valence electrons. The summed E-state index contributed by atoms with van der Waals surface area (Å²) in [5.74, 6) is -0.259. The van der Waals surface area contributed by atoms with E-state index in [0.717, 1.165) is 12.8 Å². The lowest BCUT2D eigenvalue weighted by atomic mass is 10.1. The highest BCUT2D eigenvalue weighted by Gasteiger charge is 2.29. The van der Waals surface area contributed by atoms with Crippen LogP contribution in [0.3, 0.4) is 0 Å². The van der Waals surface area contributed by atoms with Crippen LogP contribution in [0, 0.1) is 0 Å². The number of ether oxygens (including phenoxy) is 3. The molecule has 1 fully saturated rings. The maximum atomic E-state index is 12.3. The van der Waals surface area contributed by atoms with Gasteiger partial charge in [-0.05, 0) is 31.9 Å². The largest absolute Gasteiger partial charge is 0.496 e. The topological polar surface area (TPSA) is 73.9 Å². The average Bonchev–Trinajstić information content (AvgIpc) is 3.29. The minimum absolute atomic E-state index is 0.175. The predicted molar refractivity (Wildman–Crippen MR) is 75.6 cm³/mol. The van der Waals surface area contributed by atoms with Gasteiger partial charge in [0.1, 0.15) is 17.1 Å². The van der Waals surface area contributed by atoms with Crippen LogP contribution in [0.15, 0.2) is 18.2 Å². The van der Waals surface area contributed by atoms with Gasteiger partial charge in [0.05, 0.1) is 14.2 Å². The monoisotopic (exact) mass is 293 g/mol. The lowest BCUT2D eigenvalue weighted by molar-refractivity contribution is -0.129. The number of carbonyl (C=O) groups is 2. The quantitative estimate of drug-likeness (QED) is 0.805. The van der Waals surface area contributed by atoms with Crippen molar-refractivity contribution in [3.63, 3.8) is 0 Å². The predicted octanol–water partition coefficient (Wildman–Crippen LogP) is 1.53. The van der Waals surface area contributed by atoms with E-state index in [1.165, 1.54) is 21.1 Å². The summed E-state index contributed by atoms with van der Waals surface area (Å²) >= 11 is 0. The standard InChI is InChI=1S/C15H19NO5/c1-9(14(17)16-10-7-8-10)21-15(18)13-11(19-2)5-4-6-12(13)20-3/h4-6,9-10H,7-8H2,1-3H3,(H,16,17). The molecule has 0 heterocycles. The summed E-state index contributed by atoms with van der Waals surface area (Å²) in [5.41, 5.74) is 0.175. The number of hydrogen-bond donors (Lipinski definition) is 1. The van der Waals surface area contributed by atoms with Gasteiger partial charge in [-0.25, -0.2) is 4.79 Å². The highest BCUT2D eigenvalue weighted by Crippen LogP contribution is 2.29. The third-order valence-corrected chi connectivity index (χ3v) is 3.21. The summed E-state index contributed by atoms with van der Waals surface area (Å²) in [6, 6.07) is 5.19. The van der Waals surface area contributed by atoms with Gasteiger partial charge in [0.2, 0.25) is 0 Å². The highest BCUT2D eigenvalue weighted by atomic mass is 16.6.